The summed E-state index contributed by atoms with van der Waals surface area (Å²) >= 11 is 0. The van der Waals surface area contributed by atoms with Crippen molar-refractivity contribution in [2.45, 2.75) is 46.7 Å². The highest BCUT2D eigenvalue weighted by Crippen LogP contribution is 2.39. The number of hydrogen-bond donors (Lipinski definition) is 2. The summed E-state index contributed by atoms with van der Waals surface area (Å²) in [6, 6.07) is 0. The van der Waals surface area contributed by atoms with Crippen molar-refractivity contribution in [1.29, 1.82) is 0 Å². The number of Topliss-reactive ketones (excluding diaryl/α,β-unsaturated/α-hetero) is 1. The van der Waals surface area contributed by atoms with E-state index < -0.39 is 12.1 Å². The molecule has 1 aliphatic rings. The molecule has 2 N–H and O–H groups in total. The van der Waals surface area contributed by atoms with E-state index in [2.05, 4.69) is 13.8 Å². The highest BCUT2D eigenvalue weighted by Gasteiger charge is 2.38. The van der Waals surface area contributed by atoms with Crippen molar-refractivity contribution in [3.8, 4) is 0 Å². The molecule has 0 fully saturated rings. The van der Waals surface area contributed by atoms with Gasteiger partial charge in [0.25, 0.3) is 0 Å². The van der Waals surface area contributed by atoms with Gasteiger partial charge in [-0.1, -0.05) is 37.6 Å². The van der Waals surface area contributed by atoms with E-state index in [-0.39, 0.29) is 17.8 Å². The number of carbonyl (C=O) groups is 2. The molecule has 0 radical (unpaired) electrons. The molecule has 0 amide bonds. The molecule has 7 heteroatoms. The first kappa shape index (κ1) is 22.1. The van der Waals surface area contributed by atoms with Crippen LogP contribution in [0.3, 0.4) is 0 Å². The summed E-state index contributed by atoms with van der Waals surface area (Å²) in [5.41, 5.74) is 3.09. The van der Waals surface area contributed by atoms with Gasteiger partial charge in [-0.3, -0.25) is 4.79 Å². The summed E-state index contributed by atoms with van der Waals surface area (Å²) in [6.07, 6.45) is 2.22. The molecule has 0 atom stereocenters. The standard InChI is InChI=1S/C15H22O2.C2HF3O2/c1-11(8-10-16)5-6-13-12(2)14(17)7-9-15(13,3)4;3-2(4,5)1(6)7/h5-6,8,16H,7,9-10H2,1-4H3;(H,6,7). The van der Waals surface area contributed by atoms with Crippen LogP contribution in [0, 0.1) is 5.41 Å². The number of allylic oxidation sites excluding steroid dienone is 5. The molecule has 0 aromatic carbocycles. The number of rotatable bonds is 3. The molecular formula is C17H23F3O4. The van der Waals surface area contributed by atoms with E-state index in [0.717, 1.165) is 23.1 Å². The zero-order chi connectivity index (χ0) is 19.1. The second kappa shape index (κ2) is 8.82. The minimum atomic E-state index is -5.08. The van der Waals surface area contributed by atoms with Crippen LogP contribution in [-0.4, -0.2) is 34.7 Å². The van der Waals surface area contributed by atoms with Crippen molar-refractivity contribution in [2.75, 3.05) is 6.61 Å². The second-order valence-corrected chi connectivity index (χ2v) is 6.11. The number of carboxylic acid groups (broad SMARTS) is 1. The first-order valence-electron chi connectivity index (χ1n) is 7.33. The van der Waals surface area contributed by atoms with Crippen molar-refractivity contribution in [3.05, 3.63) is 34.9 Å². The first-order valence-corrected chi connectivity index (χ1v) is 7.33. The van der Waals surface area contributed by atoms with Crippen LogP contribution in [0.1, 0.15) is 40.5 Å². The van der Waals surface area contributed by atoms with Gasteiger partial charge in [-0.15, -0.1) is 0 Å². The van der Waals surface area contributed by atoms with Gasteiger partial charge < -0.3 is 10.2 Å². The normalized spacial score (nSPS) is 18.5. The Hall–Kier alpha value is -1.89. The Morgan fingerprint density at radius 3 is 2.25 bits per heavy atom. The Morgan fingerprint density at radius 1 is 1.33 bits per heavy atom. The monoisotopic (exact) mass is 348 g/mol. The molecule has 0 spiro atoms. The van der Waals surface area contributed by atoms with E-state index in [0.29, 0.717) is 6.42 Å². The largest absolute Gasteiger partial charge is 0.490 e. The van der Waals surface area contributed by atoms with E-state index in [1.165, 1.54) is 0 Å². The van der Waals surface area contributed by atoms with Crippen LogP contribution >= 0.6 is 0 Å². The van der Waals surface area contributed by atoms with Gasteiger partial charge in [0, 0.05) is 6.42 Å². The fraction of sp³-hybridized carbons (Fsp3) is 0.529. The first-order chi connectivity index (χ1) is 10.8. The summed E-state index contributed by atoms with van der Waals surface area (Å²) < 4.78 is 31.7. The molecule has 0 unspecified atom stereocenters. The van der Waals surface area contributed by atoms with Crippen LogP contribution in [0.2, 0.25) is 0 Å². The quantitative estimate of drug-likeness (QED) is 0.761. The van der Waals surface area contributed by atoms with Gasteiger partial charge in [-0.05, 0) is 36.8 Å². The molecule has 0 aromatic rings. The highest BCUT2D eigenvalue weighted by atomic mass is 19.4. The Bertz CT molecular complexity index is 567. The zero-order valence-electron chi connectivity index (χ0n) is 14.2. The maximum absolute atomic E-state index is 11.7. The molecule has 1 rings (SSSR count). The molecule has 0 heterocycles. The number of carbonyl (C=O) groups excluding carboxylic acids is 1. The molecule has 1 aliphatic carbocycles. The molecule has 4 nitrogen and oxygen atoms in total. The van der Waals surface area contributed by atoms with Crippen molar-refractivity contribution in [2.24, 2.45) is 5.41 Å². The van der Waals surface area contributed by atoms with Crippen molar-refractivity contribution in [3.63, 3.8) is 0 Å². The molecule has 0 saturated heterocycles. The highest BCUT2D eigenvalue weighted by molar-refractivity contribution is 5.97. The molecule has 136 valence electrons. The Morgan fingerprint density at radius 2 is 1.83 bits per heavy atom. The van der Waals surface area contributed by atoms with Crippen molar-refractivity contribution >= 4 is 11.8 Å². The molecule has 24 heavy (non-hydrogen) atoms. The lowest BCUT2D eigenvalue weighted by molar-refractivity contribution is -0.192. The number of alkyl halides is 3. The van der Waals surface area contributed by atoms with Crippen molar-refractivity contribution in [1.82, 2.24) is 0 Å². The summed E-state index contributed by atoms with van der Waals surface area (Å²) in [4.78, 5) is 20.6. The van der Waals surface area contributed by atoms with Crippen LogP contribution in [0.15, 0.2) is 34.9 Å². The molecule has 0 bridgehead atoms. The van der Waals surface area contributed by atoms with Crippen molar-refractivity contribution < 1.29 is 33.0 Å². The number of carboxylic acids is 1. The van der Waals surface area contributed by atoms with Crippen LogP contribution in [0.5, 0.6) is 0 Å². The van der Waals surface area contributed by atoms with Gasteiger partial charge in [0.1, 0.15) is 0 Å². The Labute approximate surface area is 139 Å². The number of hydrogen-bond acceptors (Lipinski definition) is 3. The average Bonchev–Trinajstić information content (AvgIpc) is 2.43. The van der Waals surface area contributed by atoms with Gasteiger partial charge in [-0.25, -0.2) is 4.79 Å². The molecule has 0 aromatic heterocycles. The number of aliphatic hydroxyl groups excluding tert-OH is 1. The van der Waals surface area contributed by atoms with Gasteiger partial charge in [-0.2, -0.15) is 13.2 Å². The lowest BCUT2D eigenvalue weighted by Gasteiger charge is -2.32. The van der Waals surface area contributed by atoms with E-state index >= 15 is 0 Å². The minimum absolute atomic E-state index is 0.0521. The van der Waals surface area contributed by atoms with Gasteiger partial charge in [0.05, 0.1) is 6.61 Å². The van der Waals surface area contributed by atoms with E-state index in [1.54, 1.807) is 6.08 Å². The maximum atomic E-state index is 11.7. The average molecular weight is 348 g/mol. The summed E-state index contributed by atoms with van der Waals surface area (Å²) in [5.74, 6) is -2.50. The molecule has 0 aliphatic heterocycles. The van der Waals surface area contributed by atoms with Crippen LogP contribution in [0.4, 0.5) is 13.2 Å². The predicted octanol–water partition coefficient (Wildman–Crippen LogP) is 3.82. The Balaban J connectivity index is 0.000000640. The number of halogens is 3. The number of ketones is 1. The topological polar surface area (TPSA) is 74.6 Å². The smallest absolute Gasteiger partial charge is 0.475 e. The lowest BCUT2D eigenvalue weighted by Crippen LogP contribution is -2.24. The fourth-order valence-electron chi connectivity index (χ4n) is 2.18. The molecule has 0 saturated carbocycles. The summed E-state index contributed by atoms with van der Waals surface area (Å²) in [6.45, 7) is 8.26. The minimum Gasteiger partial charge on any atom is -0.475 e. The SMILES string of the molecule is CC(C=CC1=C(C)C(=O)CCC1(C)C)=CCO.O=C(O)C(F)(F)F. The Kier molecular flexibility index (Phi) is 8.13. The third kappa shape index (κ3) is 7.12. The van der Waals surface area contributed by atoms with Crippen LogP contribution < -0.4 is 0 Å². The van der Waals surface area contributed by atoms with E-state index in [4.69, 9.17) is 15.0 Å². The van der Waals surface area contributed by atoms with Gasteiger partial charge in [0.2, 0.25) is 0 Å². The summed E-state index contributed by atoms with van der Waals surface area (Å²) in [5, 5.41) is 15.9. The lowest BCUT2D eigenvalue weighted by atomic mass is 9.72. The molecular weight excluding hydrogens is 325 g/mol. The van der Waals surface area contributed by atoms with E-state index in [9.17, 15) is 18.0 Å². The number of aliphatic carboxylic acids is 1. The zero-order valence-corrected chi connectivity index (χ0v) is 14.2. The van der Waals surface area contributed by atoms with Gasteiger partial charge >= 0.3 is 12.1 Å². The van der Waals surface area contributed by atoms with Crippen LogP contribution in [-0.2, 0) is 9.59 Å². The fourth-order valence-corrected chi connectivity index (χ4v) is 2.18. The number of aliphatic hydroxyl groups is 1. The predicted molar refractivity (Wildman–Crippen MR) is 84.4 cm³/mol. The van der Waals surface area contributed by atoms with Crippen LogP contribution in [0.25, 0.3) is 0 Å². The summed E-state index contributed by atoms with van der Waals surface area (Å²) in [7, 11) is 0. The third-order valence-electron chi connectivity index (χ3n) is 3.70. The second-order valence-electron chi connectivity index (χ2n) is 6.11. The third-order valence-corrected chi connectivity index (χ3v) is 3.70. The maximum Gasteiger partial charge on any atom is 0.490 e. The van der Waals surface area contributed by atoms with E-state index in [1.807, 2.05) is 26.0 Å². The van der Waals surface area contributed by atoms with Gasteiger partial charge in [0.15, 0.2) is 5.78 Å².